The predicted octanol–water partition coefficient (Wildman–Crippen LogP) is 1.65. The van der Waals surface area contributed by atoms with Crippen molar-refractivity contribution in [3.8, 4) is 0 Å². The second-order valence-corrected chi connectivity index (χ2v) is 4.66. The fourth-order valence-electron chi connectivity index (χ4n) is 1.91. The third kappa shape index (κ3) is 3.68. The first kappa shape index (κ1) is 12.3. The number of benzene rings is 1. The molecule has 0 bridgehead atoms. The Morgan fingerprint density at radius 2 is 2.18 bits per heavy atom. The highest BCUT2D eigenvalue weighted by Gasteiger charge is 2.38. The molecule has 0 radical (unpaired) electrons. The number of thiocarbonyl (C=S) groups is 1. The molecule has 1 aliphatic rings. The Morgan fingerprint density at radius 1 is 1.41 bits per heavy atom. The summed E-state index contributed by atoms with van der Waals surface area (Å²) in [5, 5.41) is 7.18. The van der Waals surface area contributed by atoms with Gasteiger partial charge < -0.3 is 15.4 Å². The van der Waals surface area contributed by atoms with E-state index in [1.54, 1.807) is 7.11 Å². The van der Waals surface area contributed by atoms with Gasteiger partial charge >= 0.3 is 0 Å². The van der Waals surface area contributed by atoms with Gasteiger partial charge in [0, 0.05) is 25.6 Å². The molecule has 4 heteroatoms. The second-order valence-electron chi connectivity index (χ2n) is 4.25. The van der Waals surface area contributed by atoms with Gasteiger partial charge in [0.25, 0.3) is 0 Å². The largest absolute Gasteiger partial charge is 0.383 e. The zero-order valence-electron chi connectivity index (χ0n) is 9.98. The summed E-state index contributed by atoms with van der Waals surface area (Å²) < 4.78 is 4.95. The van der Waals surface area contributed by atoms with Gasteiger partial charge in [-0.3, -0.25) is 0 Å². The number of rotatable bonds is 5. The van der Waals surface area contributed by atoms with Gasteiger partial charge in [-0.2, -0.15) is 0 Å². The van der Waals surface area contributed by atoms with E-state index in [2.05, 4.69) is 34.9 Å². The molecular formula is C13H18N2OS. The van der Waals surface area contributed by atoms with E-state index in [0.29, 0.717) is 18.6 Å². The summed E-state index contributed by atoms with van der Waals surface area (Å²) in [5.74, 6) is 0.610. The first-order valence-electron chi connectivity index (χ1n) is 5.89. The quantitative estimate of drug-likeness (QED) is 0.615. The van der Waals surface area contributed by atoms with E-state index in [4.69, 9.17) is 17.0 Å². The van der Waals surface area contributed by atoms with Crippen LogP contribution >= 0.6 is 12.2 Å². The van der Waals surface area contributed by atoms with Crippen LogP contribution in [0.25, 0.3) is 0 Å². The van der Waals surface area contributed by atoms with Gasteiger partial charge in [-0.1, -0.05) is 30.3 Å². The maximum Gasteiger partial charge on any atom is 0.166 e. The van der Waals surface area contributed by atoms with Crippen molar-refractivity contribution in [1.82, 2.24) is 10.6 Å². The van der Waals surface area contributed by atoms with E-state index >= 15 is 0 Å². The van der Waals surface area contributed by atoms with E-state index in [1.807, 2.05) is 6.07 Å². The lowest BCUT2D eigenvalue weighted by atomic mass is 10.1. The van der Waals surface area contributed by atoms with Crippen molar-refractivity contribution < 1.29 is 4.74 Å². The molecule has 2 rings (SSSR count). The van der Waals surface area contributed by atoms with Crippen molar-refractivity contribution in [2.75, 3.05) is 20.3 Å². The second kappa shape index (κ2) is 5.98. The van der Waals surface area contributed by atoms with Crippen LogP contribution in [0.4, 0.5) is 0 Å². The van der Waals surface area contributed by atoms with Crippen molar-refractivity contribution in [2.45, 2.75) is 18.4 Å². The molecule has 2 unspecified atom stereocenters. The first-order chi connectivity index (χ1) is 8.31. The van der Waals surface area contributed by atoms with E-state index in [-0.39, 0.29) is 0 Å². The summed E-state index contributed by atoms with van der Waals surface area (Å²) in [5.41, 5.74) is 1.39. The number of nitrogens with one attached hydrogen (secondary N) is 2. The summed E-state index contributed by atoms with van der Waals surface area (Å²) in [6.45, 7) is 1.43. The van der Waals surface area contributed by atoms with Gasteiger partial charge in [0.1, 0.15) is 0 Å². The van der Waals surface area contributed by atoms with Crippen LogP contribution in [0.1, 0.15) is 17.9 Å². The molecule has 0 heterocycles. The standard InChI is InChI=1S/C13H18N2OS/c1-16-8-7-14-13(17)15-12-9-11(12)10-5-3-2-4-6-10/h2-6,11-12H,7-9H2,1H3,(H2,14,15,17). The van der Waals surface area contributed by atoms with Crippen LogP contribution in [0.3, 0.4) is 0 Å². The van der Waals surface area contributed by atoms with Gasteiger partial charge in [-0.05, 0) is 24.2 Å². The van der Waals surface area contributed by atoms with Crippen molar-refractivity contribution in [3.63, 3.8) is 0 Å². The Hall–Kier alpha value is -1.13. The number of ether oxygens (including phenoxy) is 1. The molecule has 1 aliphatic carbocycles. The first-order valence-corrected chi connectivity index (χ1v) is 6.30. The minimum atomic E-state index is 0.486. The van der Waals surface area contributed by atoms with Gasteiger partial charge in [0.2, 0.25) is 0 Å². The summed E-state index contributed by atoms with van der Waals surface area (Å²) in [7, 11) is 1.69. The van der Waals surface area contributed by atoms with Gasteiger partial charge in [-0.15, -0.1) is 0 Å². The molecule has 0 saturated heterocycles. The SMILES string of the molecule is COCCNC(=S)NC1CC1c1ccccc1. The summed E-state index contributed by atoms with van der Waals surface area (Å²) in [4.78, 5) is 0. The van der Waals surface area contributed by atoms with Crippen LogP contribution in [0.5, 0.6) is 0 Å². The van der Waals surface area contributed by atoms with Crippen LogP contribution in [0, 0.1) is 0 Å². The molecule has 1 aromatic carbocycles. The highest BCUT2D eigenvalue weighted by atomic mass is 32.1. The molecule has 0 aromatic heterocycles. The number of methoxy groups -OCH3 is 1. The molecule has 0 aliphatic heterocycles. The molecule has 92 valence electrons. The van der Waals surface area contributed by atoms with Gasteiger partial charge in [-0.25, -0.2) is 0 Å². The molecular weight excluding hydrogens is 232 g/mol. The van der Waals surface area contributed by atoms with Crippen molar-refractivity contribution in [3.05, 3.63) is 35.9 Å². The van der Waals surface area contributed by atoms with Crippen molar-refractivity contribution in [2.24, 2.45) is 0 Å². The Balaban J connectivity index is 1.71. The minimum absolute atomic E-state index is 0.486. The van der Waals surface area contributed by atoms with E-state index in [0.717, 1.165) is 18.1 Å². The van der Waals surface area contributed by atoms with Crippen LogP contribution in [0.2, 0.25) is 0 Å². The lowest BCUT2D eigenvalue weighted by Crippen LogP contribution is -2.38. The maximum absolute atomic E-state index is 5.21. The zero-order chi connectivity index (χ0) is 12.1. The molecule has 2 N–H and O–H groups in total. The highest BCUT2D eigenvalue weighted by Crippen LogP contribution is 2.40. The fourth-order valence-corrected chi connectivity index (χ4v) is 2.16. The minimum Gasteiger partial charge on any atom is -0.383 e. The Morgan fingerprint density at radius 3 is 2.88 bits per heavy atom. The maximum atomic E-state index is 5.21. The van der Waals surface area contributed by atoms with Crippen LogP contribution in [-0.2, 0) is 4.74 Å². The van der Waals surface area contributed by atoms with E-state index in [9.17, 15) is 0 Å². The Kier molecular flexibility index (Phi) is 4.34. The molecule has 1 aromatic rings. The Labute approximate surface area is 108 Å². The van der Waals surface area contributed by atoms with E-state index < -0.39 is 0 Å². The lowest BCUT2D eigenvalue weighted by molar-refractivity contribution is 0.204. The third-order valence-corrected chi connectivity index (χ3v) is 3.19. The Bertz CT molecular complexity index is 369. The zero-order valence-corrected chi connectivity index (χ0v) is 10.8. The van der Waals surface area contributed by atoms with Gasteiger partial charge in [0.05, 0.1) is 6.61 Å². The third-order valence-electron chi connectivity index (χ3n) is 2.93. The van der Waals surface area contributed by atoms with Crippen LogP contribution in [-0.4, -0.2) is 31.4 Å². The molecule has 0 amide bonds. The lowest BCUT2D eigenvalue weighted by Gasteiger charge is -2.09. The summed E-state index contributed by atoms with van der Waals surface area (Å²) >= 11 is 5.21. The van der Waals surface area contributed by atoms with E-state index in [1.165, 1.54) is 5.56 Å². The normalized spacial score (nSPS) is 21.9. The summed E-state index contributed by atoms with van der Waals surface area (Å²) in [6.07, 6.45) is 1.16. The van der Waals surface area contributed by atoms with Crippen molar-refractivity contribution in [1.29, 1.82) is 0 Å². The van der Waals surface area contributed by atoms with Crippen LogP contribution < -0.4 is 10.6 Å². The molecule has 1 saturated carbocycles. The van der Waals surface area contributed by atoms with Crippen molar-refractivity contribution >= 4 is 17.3 Å². The highest BCUT2D eigenvalue weighted by molar-refractivity contribution is 7.80. The molecule has 1 fully saturated rings. The average molecular weight is 250 g/mol. The molecule has 3 nitrogen and oxygen atoms in total. The molecule has 2 atom stereocenters. The molecule has 0 spiro atoms. The monoisotopic (exact) mass is 250 g/mol. The predicted molar refractivity (Wildman–Crippen MR) is 73.2 cm³/mol. The molecule has 17 heavy (non-hydrogen) atoms. The fraction of sp³-hybridized carbons (Fsp3) is 0.462. The van der Waals surface area contributed by atoms with Crippen LogP contribution in [0.15, 0.2) is 30.3 Å². The number of hydrogen-bond acceptors (Lipinski definition) is 2. The smallest absolute Gasteiger partial charge is 0.166 e. The average Bonchev–Trinajstić information content (AvgIpc) is 3.10. The topological polar surface area (TPSA) is 33.3 Å². The number of hydrogen-bond donors (Lipinski definition) is 2. The summed E-state index contributed by atoms with van der Waals surface area (Å²) in [6, 6.07) is 11.0. The van der Waals surface area contributed by atoms with Gasteiger partial charge in [0.15, 0.2) is 5.11 Å².